The molecule has 0 saturated carbocycles. The van der Waals surface area contributed by atoms with Gasteiger partial charge in [0.15, 0.2) is 11.5 Å². The normalized spacial score (nSPS) is 10.1. The Morgan fingerprint density at radius 2 is 1.63 bits per heavy atom. The molecule has 0 spiro atoms. The third-order valence-corrected chi connectivity index (χ3v) is 3.23. The minimum absolute atomic E-state index is 0.0244. The van der Waals surface area contributed by atoms with Crippen LogP contribution in [-0.4, -0.2) is 53.3 Å². The van der Waals surface area contributed by atoms with Crippen molar-refractivity contribution < 1.29 is 48.1 Å². The molecule has 152 valence electrons. The average Bonchev–Trinajstić information content (AvgIpc) is 2.68. The molecule has 0 aromatic heterocycles. The van der Waals surface area contributed by atoms with E-state index < -0.39 is 12.1 Å². The van der Waals surface area contributed by atoms with Crippen LogP contribution in [0.1, 0.15) is 30.1 Å². The van der Waals surface area contributed by atoms with E-state index >= 15 is 0 Å². The third-order valence-electron chi connectivity index (χ3n) is 3.23. The first kappa shape index (κ1) is 22.3. The zero-order chi connectivity index (χ0) is 20.1. The van der Waals surface area contributed by atoms with Crippen molar-refractivity contribution in [2.75, 3.05) is 41.2 Å². The molecule has 0 aliphatic rings. The topological polar surface area (TPSA) is 108 Å². The van der Waals surface area contributed by atoms with Gasteiger partial charge in [0, 0.05) is 6.61 Å². The maximum absolute atomic E-state index is 12.1. The van der Waals surface area contributed by atoms with Crippen LogP contribution in [0.25, 0.3) is 0 Å². The summed E-state index contributed by atoms with van der Waals surface area (Å²) in [4.78, 5) is 31.9. The standard InChI is InChI=1S/C17H24O10/c1-5-6-9-23-10-11-24-17(19)26-27-25-16(18)12-7-8-13(20-2)15(22-4)14(12)21-3/h7-8H,5-6,9-11H2,1-4H3. The highest BCUT2D eigenvalue weighted by Crippen LogP contribution is 2.39. The van der Waals surface area contributed by atoms with Gasteiger partial charge in [-0.25, -0.2) is 14.5 Å². The van der Waals surface area contributed by atoms with Crippen LogP contribution in [0.5, 0.6) is 17.2 Å². The summed E-state index contributed by atoms with van der Waals surface area (Å²) in [6, 6.07) is 2.85. The van der Waals surface area contributed by atoms with Crippen molar-refractivity contribution >= 4 is 12.1 Å². The van der Waals surface area contributed by atoms with Crippen LogP contribution in [0, 0.1) is 0 Å². The van der Waals surface area contributed by atoms with E-state index in [9.17, 15) is 9.59 Å². The Labute approximate surface area is 157 Å². The summed E-state index contributed by atoms with van der Waals surface area (Å²) >= 11 is 0. The number of carbonyl (C=O) groups is 2. The van der Waals surface area contributed by atoms with Crippen molar-refractivity contribution in [2.45, 2.75) is 19.8 Å². The Morgan fingerprint density at radius 3 is 2.26 bits per heavy atom. The van der Waals surface area contributed by atoms with Crippen LogP contribution in [0.15, 0.2) is 12.1 Å². The predicted molar refractivity (Wildman–Crippen MR) is 90.8 cm³/mol. The average molecular weight is 388 g/mol. The molecule has 0 radical (unpaired) electrons. The lowest BCUT2D eigenvalue weighted by Crippen LogP contribution is -2.15. The molecule has 10 nitrogen and oxygen atoms in total. The SMILES string of the molecule is CCCCOCCOC(=O)OOOC(=O)c1ccc(OC)c(OC)c1OC. The highest BCUT2D eigenvalue weighted by molar-refractivity contribution is 5.93. The van der Waals surface area contributed by atoms with Gasteiger partial charge in [-0.05, 0) is 18.6 Å². The fourth-order valence-corrected chi connectivity index (χ4v) is 1.94. The summed E-state index contributed by atoms with van der Waals surface area (Å²) < 4.78 is 25.3. The second-order valence-corrected chi connectivity index (χ2v) is 4.97. The molecule has 0 bridgehead atoms. The summed E-state index contributed by atoms with van der Waals surface area (Å²) in [5.41, 5.74) is -0.0311. The number of carbonyl (C=O) groups excluding carboxylic acids is 2. The quantitative estimate of drug-likeness (QED) is 0.229. The molecule has 0 N–H and O–H groups in total. The van der Waals surface area contributed by atoms with Crippen molar-refractivity contribution in [3.8, 4) is 17.2 Å². The fourth-order valence-electron chi connectivity index (χ4n) is 1.94. The Bertz CT molecular complexity index is 602. The summed E-state index contributed by atoms with van der Waals surface area (Å²) in [7, 11) is 4.16. The molecular weight excluding hydrogens is 364 g/mol. The van der Waals surface area contributed by atoms with Crippen LogP contribution in [-0.2, 0) is 24.3 Å². The van der Waals surface area contributed by atoms with Crippen molar-refractivity contribution in [2.24, 2.45) is 0 Å². The molecule has 0 amide bonds. The number of rotatable bonds is 12. The van der Waals surface area contributed by atoms with Gasteiger partial charge in [-0.2, -0.15) is 0 Å². The van der Waals surface area contributed by atoms with Crippen LogP contribution in [0.2, 0.25) is 0 Å². The maximum Gasteiger partial charge on any atom is 0.543 e. The molecule has 0 aliphatic carbocycles. The lowest BCUT2D eigenvalue weighted by atomic mass is 10.1. The number of ether oxygens (including phenoxy) is 5. The van der Waals surface area contributed by atoms with E-state index in [1.54, 1.807) is 0 Å². The van der Waals surface area contributed by atoms with E-state index in [0.717, 1.165) is 12.8 Å². The van der Waals surface area contributed by atoms with Crippen molar-refractivity contribution in [1.82, 2.24) is 0 Å². The van der Waals surface area contributed by atoms with Gasteiger partial charge in [0.25, 0.3) is 0 Å². The molecule has 27 heavy (non-hydrogen) atoms. The Hall–Kier alpha value is -2.72. The van der Waals surface area contributed by atoms with Gasteiger partial charge in [-0.15, -0.1) is 0 Å². The van der Waals surface area contributed by atoms with E-state index in [1.807, 2.05) is 6.92 Å². The van der Waals surface area contributed by atoms with Gasteiger partial charge < -0.3 is 23.7 Å². The van der Waals surface area contributed by atoms with Gasteiger partial charge in [-0.1, -0.05) is 13.3 Å². The number of benzene rings is 1. The summed E-state index contributed by atoms with van der Waals surface area (Å²) in [5, 5.41) is 4.14. The molecule has 0 unspecified atom stereocenters. The van der Waals surface area contributed by atoms with Crippen LogP contribution in [0.3, 0.4) is 0 Å². The Balaban J connectivity index is 2.45. The largest absolute Gasteiger partial charge is 0.543 e. The van der Waals surface area contributed by atoms with Crippen molar-refractivity contribution in [3.63, 3.8) is 0 Å². The maximum atomic E-state index is 12.1. The van der Waals surface area contributed by atoms with E-state index in [1.165, 1.54) is 33.5 Å². The Kier molecular flexibility index (Phi) is 10.4. The fraction of sp³-hybridized carbons (Fsp3) is 0.529. The number of hydrogen-bond donors (Lipinski definition) is 0. The van der Waals surface area contributed by atoms with Gasteiger partial charge in [-0.3, -0.25) is 4.89 Å². The second-order valence-electron chi connectivity index (χ2n) is 4.97. The van der Waals surface area contributed by atoms with Crippen LogP contribution >= 0.6 is 0 Å². The first-order valence-electron chi connectivity index (χ1n) is 8.17. The minimum atomic E-state index is -1.18. The zero-order valence-electron chi connectivity index (χ0n) is 15.8. The lowest BCUT2D eigenvalue weighted by Gasteiger charge is -2.14. The summed E-state index contributed by atoms with van der Waals surface area (Å²) in [6.45, 7) is 2.81. The molecule has 1 rings (SSSR count). The molecular formula is C17H24O10. The molecule has 0 aliphatic heterocycles. The Morgan fingerprint density at radius 1 is 0.889 bits per heavy atom. The highest BCUT2D eigenvalue weighted by atomic mass is 17.5. The van der Waals surface area contributed by atoms with Gasteiger partial charge in [0.1, 0.15) is 12.2 Å². The van der Waals surface area contributed by atoms with Crippen molar-refractivity contribution in [1.29, 1.82) is 0 Å². The summed E-state index contributed by atoms with van der Waals surface area (Å²) in [5.74, 6) is -0.369. The number of unbranched alkanes of at least 4 members (excludes halogenated alkanes) is 1. The van der Waals surface area contributed by atoms with Crippen LogP contribution < -0.4 is 14.2 Å². The predicted octanol–water partition coefficient (Wildman–Crippen LogP) is 2.69. The van der Waals surface area contributed by atoms with Gasteiger partial charge >= 0.3 is 12.1 Å². The molecule has 0 fully saturated rings. The van der Waals surface area contributed by atoms with Crippen molar-refractivity contribution in [3.05, 3.63) is 17.7 Å². The zero-order valence-corrected chi connectivity index (χ0v) is 15.8. The smallest absolute Gasteiger partial charge is 0.493 e. The molecule has 0 heterocycles. The van der Waals surface area contributed by atoms with E-state index in [4.69, 9.17) is 18.9 Å². The molecule has 0 saturated heterocycles. The highest BCUT2D eigenvalue weighted by Gasteiger charge is 2.23. The minimum Gasteiger partial charge on any atom is -0.493 e. The monoisotopic (exact) mass is 388 g/mol. The first-order chi connectivity index (χ1) is 13.1. The van der Waals surface area contributed by atoms with E-state index in [-0.39, 0.29) is 30.3 Å². The molecule has 0 atom stereocenters. The van der Waals surface area contributed by atoms with Gasteiger partial charge in [0.05, 0.1) is 33.0 Å². The lowest BCUT2D eigenvalue weighted by molar-refractivity contribution is -0.452. The molecule has 1 aromatic carbocycles. The van der Waals surface area contributed by atoms with E-state index in [2.05, 4.69) is 19.6 Å². The second kappa shape index (κ2) is 12.6. The first-order valence-corrected chi connectivity index (χ1v) is 8.17. The molecule has 10 heteroatoms. The number of methoxy groups -OCH3 is 3. The third kappa shape index (κ3) is 7.19. The molecule has 1 aromatic rings. The van der Waals surface area contributed by atoms with Crippen LogP contribution in [0.4, 0.5) is 4.79 Å². The number of hydrogen-bond acceptors (Lipinski definition) is 10. The van der Waals surface area contributed by atoms with E-state index in [0.29, 0.717) is 12.4 Å². The summed E-state index contributed by atoms with van der Waals surface area (Å²) in [6.07, 6.45) is 0.747. The van der Waals surface area contributed by atoms with Gasteiger partial charge in [0.2, 0.25) is 5.75 Å².